The van der Waals surface area contributed by atoms with Crippen LogP contribution in [0, 0.1) is 5.41 Å². The first kappa shape index (κ1) is 17.6. The van der Waals surface area contributed by atoms with Crippen molar-refractivity contribution in [3.63, 3.8) is 0 Å². The summed E-state index contributed by atoms with van der Waals surface area (Å²) in [5, 5.41) is 10.5. The molecule has 6 heteroatoms. The van der Waals surface area contributed by atoms with E-state index in [-0.39, 0.29) is 17.1 Å². The Bertz CT molecular complexity index is 905. The lowest BCUT2D eigenvalue weighted by Gasteiger charge is -2.43. The molecule has 2 N–H and O–H groups in total. The zero-order valence-corrected chi connectivity index (χ0v) is 16.0. The van der Waals surface area contributed by atoms with Crippen LogP contribution >= 0.6 is 0 Å². The summed E-state index contributed by atoms with van der Waals surface area (Å²) < 4.78 is 0. The number of carbonyl (C=O) groups is 2. The first-order valence-electron chi connectivity index (χ1n) is 10.3. The van der Waals surface area contributed by atoms with Gasteiger partial charge in [0.25, 0.3) is 5.91 Å². The van der Waals surface area contributed by atoms with Crippen molar-refractivity contribution in [3.8, 4) is 0 Å². The molecule has 28 heavy (non-hydrogen) atoms. The molecule has 1 unspecified atom stereocenters. The topological polar surface area (TPSA) is 78.1 Å². The van der Waals surface area contributed by atoms with E-state index >= 15 is 0 Å². The quantitative estimate of drug-likeness (QED) is 0.842. The molecule has 1 amide bonds. The maximum atomic E-state index is 13.2. The number of aromatic nitrogens is 2. The predicted molar refractivity (Wildman–Crippen MR) is 105 cm³/mol. The average Bonchev–Trinajstić information content (AvgIpc) is 3.43. The standard InChI is InChI=1S/C22H26N4O2/c27-20-17-4-2-1-3-15(17)5-7-22(20)8-11-26(12-9-22)21(28)18-14-24-25-19(18)16-6-10-23-13-16/h1-4,14,16,23H,5-13H2,(H,24,25). The van der Waals surface area contributed by atoms with Gasteiger partial charge in [-0.2, -0.15) is 5.10 Å². The van der Waals surface area contributed by atoms with E-state index in [1.807, 2.05) is 23.1 Å². The SMILES string of the molecule is O=C(c1cn[nH]c1C1CCNC1)N1CCC2(CCc3ccccc3C2=O)CC1. The molecule has 2 aromatic rings. The Hall–Kier alpha value is -2.47. The summed E-state index contributed by atoms with van der Waals surface area (Å²) in [6, 6.07) is 7.99. The second-order valence-corrected chi connectivity index (χ2v) is 8.45. The number of hydrogen-bond acceptors (Lipinski definition) is 4. The molecule has 0 saturated carbocycles. The van der Waals surface area contributed by atoms with Gasteiger partial charge in [-0.05, 0) is 44.2 Å². The van der Waals surface area contributed by atoms with Crippen molar-refractivity contribution in [2.24, 2.45) is 5.41 Å². The van der Waals surface area contributed by atoms with Gasteiger partial charge in [0, 0.05) is 36.5 Å². The second-order valence-electron chi connectivity index (χ2n) is 8.45. The van der Waals surface area contributed by atoms with Gasteiger partial charge in [0.05, 0.1) is 17.5 Å². The maximum Gasteiger partial charge on any atom is 0.257 e. The number of ketones is 1. The molecule has 0 bridgehead atoms. The van der Waals surface area contributed by atoms with Crippen LogP contribution in [0.2, 0.25) is 0 Å². The summed E-state index contributed by atoms with van der Waals surface area (Å²) in [7, 11) is 0. The van der Waals surface area contributed by atoms with E-state index in [0.29, 0.717) is 24.6 Å². The zero-order chi connectivity index (χ0) is 19.1. The highest BCUT2D eigenvalue weighted by atomic mass is 16.2. The van der Waals surface area contributed by atoms with Crippen LogP contribution in [-0.4, -0.2) is 53.0 Å². The number of Topliss-reactive ketones (excluding diaryl/α,β-unsaturated/α-hetero) is 1. The number of amides is 1. The lowest BCUT2D eigenvalue weighted by molar-refractivity contribution is 0.0456. The predicted octanol–water partition coefficient (Wildman–Crippen LogP) is 2.54. The number of aryl methyl sites for hydroxylation is 1. The number of rotatable bonds is 2. The van der Waals surface area contributed by atoms with Crippen molar-refractivity contribution < 1.29 is 9.59 Å². The summed E-state index contributed by atoms with van der Waals surface area (Å²) in [5.74, 6) is 0.658. The van der Waals surface area contributed by atoms with Gasteiger partial charge in [-0.25, -0.2) is 0 Å². The summed E-state index contributed by atoms with van der Waals surface area (Å²) in [6.45, 7) is 3.15. The number of likely N-dealkylation sites (tertiary alicyclic amines) is 1. The van der Waals surface area contributed by atoms with Crippen LogP contribution in [0.3, 0.4) is 0 Å². The molecule has 1 aliphatic carbocycles. The molecule has 6 nitrogen and oxygen atoms in total. The number of nitrogens with zero attached hydrogens (tertiary/aromatic N) is 2. The van der Waals surface area contributed by atoms with Gasteiger partial charge < -0.3 is 10.2 Å². The third kappa shape index (κ3) is 2.78. The van der Waals surface area contributed by atoms with Gasteiger partial charge in [-0.15, -0.1) is 0 Å². The Balaban J connectivity index is 1.31. The van der Waals surface area contributed by atoms with Crippen LogP contribution in [0.1, 0.15) is 63.6 Å². The largest absolute Gasteiger partial charge is 0.338 e. The summed E-state index contributed by atoms with van der Waals surface area (Å²) >= 11 is 0. The van der Waals surface area contributed by atoms with E-state index in [0.717, 1.165) is 56.5 Å². The van der Waals surface area contributed by atoms with Crippen molar-refractivity contribution >= 4 is 11.7 Å². The Kier molecular flexibility index (Phi) is 4.31. The monoisotopic (exact) mass is 378 g/mol. The highest BCUT2D eigenvalue weighted by Crippen LogP contribution is 2.43. The van der Waals surface area contributed by atoms with E-state index < -0.39 is 0 Å². The van der Waals surface area contributed by atoms with Crippen LogP contribution in [0.5, 0.6) is 0 Å². The molecule has 5 rings (SSSR count). The Morgan fingerprint density at radius 2 is 2.00 bits per heavy atom. The number of fused-ring (bicyclic) bond motifs is 1. The fourth-order valence-electron chi connectivity index (χ4n) is 5.20. The second kappa shape index (κ2) is 6.85. The van der Waals surface area contributed by atoms with Crippen LogP contribution in [0.4, 0.5) is 0 Å². The van der Waals surface area contributed by atoms with Crippen molar-refractivity contribution in [1.82, 2.24) is 20.4 Å². The minimum Gasteiger partial charge on any atom is -0.338 e. The normalized spacial score (nSPS) is 23.8. The summed E-state index contributed by atoms with van der Waals surface area (Å²) in [4.78, 5) is 28.3. The van der Waals surface area contributed by atoms with E-state index in [1.54, 1.807) is 6.20 Å². The molecule has 2 fully saturated rings. The Labute approximate surface area is 164 Å². The minimum atomic E-state index is -0.292. The molecule has 3 aliphatic rings. The fourth-order valence-corrected chi connectivity index (χ4v) is 5.20. The van der Waals surface area contributed by atoms with Crippen LogP contribution in [-0.2, 0) is 6.42 Å². The number of aromatic amines is 1. The molecule has 0 radical (unpaired) electrons. The number of nitrogens with one attached hydrogen (secondary N) is 2. The fraction of sp³-hybridized carbons (Fsp3) is 0.500. The maximum absolute atomic E-state index is 13.2. The molecule has 146 valence electrons. The minimum absolute atomic E-state index is 0.0501. The molecular formula is C22H26N4O2. The van der Waals surface area contributed by atoms with E-state index in [4.69, 9.17) is 0 Å². The number of H-pyrrole nitrogens is 1. The van der Waals surface area contributed by atoms with Gasteiger partial charge in [-0.3, -0.25) is 14.7 Å². The highest BCUT2D eigenvalue weighted by Gasteiger charge is 2.45. The van der Waals surface area contributed by atoms with Crippen molar-refractivity contribution in [2.75, 3.05) is 26.2 Å². The Morgan fingerprint density at radius 1 is 1.18 bits per heavy atom. The molecule has 3 heterocycles. The highest BCUT2D eigenvalue weighted by molar-refractivity contribution is 6.03. The van der Waals surface area contributed by atoms with Gasteiger partial charge >= 0.3 is 0 Å². The number of carbonyl (C=O) groups excluding carboxylic acids is 2. The first-order valence-corrected chi connectivity index (χ1v) is 10.3. The van der Waals surface area contributed by atoms with Gasteiger partial charge in [-0.1, -0.05) is 24.3 Å². The molecule has 2 saturated heterocycles. The number of hydrogen-bond donors (Lipinski definition) is 2. The van der Waals surface area contributed by atoms with Gasteiger partial charge in [0.2, 0.25) is 0 Å². The molecule has 1 aromatic heterocycles. The molecule has 1 aromatic carbocycles. The molecule has 1 spiro atoms. The number of piperidine rings is 1. The molecular weight excluding hydrogens is 352 g/mol. The lowest BCUT2D eigenvalue weighted by atomic mass is 9.65. The van der Waals surface area contributed by atoms with Crippen LogP contribution in [0.25, 0.3) is 0 Å². The lowest BCUT2D eigenvalue weighted by Crippen LogP contribution is -2.48. The number of benzene rings is 1. The Morgan fingerprint density at radius 3 is 2.79 bits per heavy atom. The van der Waals surface area contributed by atoms with E-state index in [2.05, 4.69) is 21.6 Å². The van der Waals surface area contributed by atoms with Crippen LogP contribution < -0.4 is 5.32 Å². The summed E-state index contributed by atoms with van der Waals surface area (Å²) in [5.41, 5.74) is 3.42. The molecule has 1 atom stereocenters. The van der Waals surface area contributed by atoms with E-state index in [1.165, 1.54) is 5.56 Å². The van der Waals surface area contributed by atoms with Crippen molar-refractivity contribution in [2.45, 2.75) is 38.0 Å². The van der Waals surface area contributed by atoms with Crippen LogP contribution in [0.15, 0.2) is 30.5 Å². The smallest absolute Gasteiger partial charge is 0.257 e. The summed E-state index contributed by atoms with van der Waals surface area (Å²) in [6.07, 6.45) is 6.06. The third-order valence-electron chi connectivity index (χ3n) is 6.99. The first-order chi connectivity index (χ1) is 13.7. The van der Waals surface area contributed by atoms with Gasteiger partial charge in [0.1, 0.15) is 0 Å². The van der Waals surface area contributed by atoms with E-state index in [9.17, 15) is 9.59 Å². The average molecular weight is 378 g/mol. The molecule has 2 aliphatic heterocycles. The van der Waals surface area contributed by atoms with Crippen molar-refractivity contribution in [1.29, 1.82) is 0 Å². The zero-order valence-electron chi connectivity index (χ0n) is 16.0. The third-order valence-corrected chi connectivity index (χ3v) is 6.99. The van der Waals surface area contributed by atoms with Crippen molar-refractivity contribution in [3.05, 3.63) is 52.8 Å². The van der Waals surface area contributed by atoms with Gasteiger partial charge in [0.15, 0.2) is 5.78 Å².